The van der Waals surface area contributed by atoms with Gasteiger partial charge in [0.05, 0.1) is 0 Å². The first-order valence-corrected chi connectivity index (χ1v) is 12.8. The Morgan fingerprint density at radius 3 is 2.62 bits per heavy atom. The minimum atomic E-state index is 0.560. The van der Waals surface area contributed by atoms with Gasteiger partial charge in [0.1, 0.15) is 5.82 Å². The summed E-state index contributed by atoms with van der Waals surface area (Å²) in [6.45, 7) is 12.3. The van der Waals surface area contributed by atoms with Gasteiger partial charge < -0.3 is 19.4 Å². The molecule has 7 nitrogen and oxygen atoms in total. The number of amides is 1. The second-order valence-electron chi connectivity index (χ2n) is 9.13. The summed E-state index contributed by atoms with van der Waals surface area (Å²) >= 11 is 1.89. The molecule has 0 unspecified atom stereocenters. The Labute approximate surface area is 207 Å². The highest BCUT2D eigenvalue weighted by atomic mass is 32.2. The van der Waals surface area contributed by atoms with Crippen LogP contribution in [0.5, 0.6) is 0 Å². The SMILES string of the molecule is Cc1cc(SN2CCn3cccc3C2)c(C)n1C.Cc1cnc(N2CCCC2)c(CNC=O)c1. The van der Waals surface area contributed by atoms with Crippen molar-refractivity contribution in [1.29, 1.82) is 0 Å². The molecule has 0 saturated carbocycles. The van der Waals surface area contributed by atoms with E-state index in [4.69, 9.17) is 0 Å². The van der Waals surface area contributed by atoms with Gasteiger partial charge in [0.25, 0.3) is 0 Å². The van der Waals surface area contributed by atoms with Gasteiger partial charge in [0, 0.05) is 86.3 Å². The first-order chi connectivity index (χ1) is 16.5. The molecule has 0 bridgehead atoms. The highest BCUT2D eigenvalue weighted by molar-refractivity contribution is 7.97. The van der Waals surface area contributed by atoms with E-state index in [1.807, 2.05) is 25.1 Å². The number of aromatic nitrogens is 3. The van der Waals surface area contributed by atoms with E-state index in [1.54, 1.807) is 0 Å². The molecule has 2 aliphatic heterocycles. The molecule has 0 aromatic carbocycles. The molecule has 1 amide bonds. The van der Waals surface area contributed by atoms with Gasteiger partial charge >= 0.3 is 0 Å². The minimum Gasteiger partial charge on any atom is -0.356 e. The summed E-state index contributed by atoms with van der Waals surface area (Å²) in [4.78, 5) is 18.5. The van der Waals surface area contributed by atoms with Crippen LogP contribution in [-0.2, 0) is 31.5 Å². The number of hydrogen-bond donors (Lipinski definition) is 1. The van der Waals surface area contributed by atoms with Gasteiger partial charge in [0.2, 0.25) is 6.41 Å². The Morgan fingerprint density at radius 1 is 1.12 bits per heavy atom. The maximum atomic E-state index is 10.4. The maximum absolute atomic E-state index is 10.4. The van der Waals surface area contributed by atoms with Gasteiger partial charge in [0.15, 0.2) is 0 Å². The topological polar surface area (TPSA) is 58.3 Å². The van der Waals surface area contributed by atoms with E-state index in [9.17, 15) is 4.79 Å². The Bertz CT molecular complexity index is 1110. The molecule has 34 heavy (non-hydrogen) atoms. The number of nitrogens with one attached hydrogen (secondary N) is 1. The van der Waals surface area contributed by atoms with Gasteiger partial charge in [-0.3, -0.25) is 4.79 Å². The van der Waals surface area contributed by atoms with Crippen LogP contribution in [0.25, 0.3) is 0 Å². The molecular formula is C26H36N6OS. The van der Waals surface area contributed by atoms with Gasteiger partial charge in [-0.05, 0) is 75.4 Å². The van der Waals surface area contributed by atoms with Crippen LogP contribution in [0.4, 0.5) is 5.82 Å². The monoisotopic (exact) mass is 480 g/mol. The molecule has 1 fully saturated rings. The lowest BCUT2D eigenvalue weighted by Gasteiger charge is -2.27. The van der Waals surface area contributed by atoms with E-state index in [0.29, 0.717) is 6.54 Å². The van der Waals surface area contributed by atoms with Crippen LogP contribution >= 0.6 is 11.9 Å². The molecule has 3 aromatic rings. The number of nitrogens with zero attached hydrogens (tertiary/aromatic N) is 5. The highest BCUT2D eigenvalue weighted by Crippen LogP contribution is 2.31. The van der Waals surface area contributed by atoms with E-state index in [0.717, 1.165) is 56.1 Å². The van der Waals surface area contributed by atoms with E-state index in [2.05, 4.69) is 80.0 Å². The van der Waals surface area contributed by atoms with Crippen LogP contribution in [0.1, 0.15) is 41.1 Å². The summed E-state index contributed by atoms with van der Waals surface area (Å²) in [5, 5.41) is 2.71. The lowest BCUT2D eigenvalue weighted by molar-refractivity contribution is -0.109. The summed E-state index contributed by atoms with van der Waals surface area (Å²) in [6, 6.07) is 8.74. The van der Waals surface area contributed by atoms with E-state index >= 15 is 0 Å². The van der Waals surface area contributed by atoms with Gasteiger partial charge in [-0.25, -0.2) is 9.29 Å². The molecule has 8 heteroatoms. The number of carbonyl (C=O) groups is 1. The van der Waals surface area contributed by atoms with Crippen LogP contribution < -0.4 is 10.2 Å². The third kappa shape index (κ3) is 5.67. The molecular weight excluding hydrogens is 444 g/mol. The Balaban J connectivity index is 0.000000162. The molecule has 182 valence electrons. The van der Waals surface area contributed by atoms with Crippen LogP contribution in [0.2, 0.25) is 0 Å². The average molecular weight is 481 g/mol. The molecule has 1 N–H and O–H groups in total. The first-order valence-electron chi connectivity index (χ1n) is 12.0. The number of aryl methyl sites for hydroxylation is 2. The number of anilines is 1. The summed E-state index contributed by atoms with van der Waals surface area (Å²) in [7, 11) is 2.14. The van der Waals surface area contributed by atoms with Crippen LogP contribution in [0.3, 0.4) is 0 Å². The van der Waals surface area contributed by atoms with E-state index in [-0.39, 0.29) is 0 Å². The average Bonchev–Trinajstić information content (AvgIpc) is 3.57. The van der Waals surface area contributed by atoms with Gasteiger partial charge in [-0.1, -0.05) is 0 Å². The molecule has 0 aliphatic carbocycles. The van der Waals surface area contributed by atoms with Crippen molar-refractivity contribution in [3.05, 3.63) is 64.9 Å². The molecule has 0 atom stereocenters. The number of pyridine rings is 1. The van der Waals surface area contributed by atoms with Crippen molar-refractivity contribution in [1.82, 2.24) is 23.7 Å². The van der Waals surface area contributed by atoms with Crippen LogP contribution in [-0.4, -0.2) is 44.5 Å². The number of rotatable bonds is 6. The standard InChI is InChI=1S/C14H19N3S.C12H17N3O/c1-11-9-14(12(2)15(11)3)18-17-8-7-16-6-4-5-13(16)10-17;1-10-6-11(8-13-9-16)12(14-7-10)15-4-2-3-5-15/h4-6,9H,7-8,10H2,1-3H3;6-7,9H,2-5,8H2,1H3,(H,13,16). The van der Waals surface area contributed by atoms with Gasteiger partial charge in [-0.15, -0.1) is 0 Å². The smallest absolute Gasteiger partial charge is 0.207 e. The van der Waals surface area contributed by atoms with Crippen LogP contribution in [0, 0.1) is 20.8 Å². The fourth-order valence-corrected chi connectivity index (χ4v) is 5.68. The lowest BCUT2D eigenvalue weighted by Crippen LogP contribution is -2.27. The third-order valence-corrected chi connectivity index (χ3v) is 7.85. The first kappa shape index (κ1) is 24.4. The zero-order valence-electron chi connectivity index (χ0n) is 20.8. The second kappa shape index (κ2) is 11.1. The molecule has 0 radical (unpaired) electrons. The van der Waals surface area contributed by atoms with E-state index in [1.165, 1.54) is 34.8 Å². The van der Waals surface area contributed by atoms with Crippen molar-refractivity contribution in [3.63, 3.8) is 0 Å². The fraction of sp³-hybridized carbons (Fsp3) is 0.462. The lowest BCUT2D eigenvalue weighted by atomic mass is 10.2. The molecule has 3 aromatic heterocycles. The number of carbonyl (C=O) groups excluding carboxylic acids is 1. The Hall–Kier alpha value is -2.71. The Morgan fingerprint density at radius 2 is 1.91 bits per heavy atom. The fourth-order valence-electron chi connectivity index (χ4n) is 4.54. The second-order valence-corrected chi connectivity index (χ2v) is 10.3. The van der Waals surface area contributed by atoms with Crippen molar-refractivity contribution in [2.75, 3.05) is 24.5 Å². The highest BCUT2D eigenvalue weighted by Gasteiger charge is 2.19. The van der Waals surface area contributed by atoms with Crippen molar-refractivity contribution < 1.29 is 4.79 Å². The summed E-state index contributed by atoms with van der Waals surface area (Å²) < 4.78 is 7.06. The summed E-state index contributed by atoms with van der Waals surface area (Å²) in [5.74, 6) is 1.03. The Kier molecular flexibility index (Phi) is 8.00. The quantitative estimate of drug-likeness (QED) is 0.423. The third-order valence-electron chi connectivity index (χ3n) is 6.67. The summed E-state index contributed by atoms with van der Waals surface area (Å²) in [5.41, 5.74) is 6.34. The largest absolute Gasteiger partial charge is 0.356 e. The molecule has 2 aliphatic rings. The predicted octanol–water partition coefficient (Wildman–Crippen LogP) is 4.20. The summed E-state index contributed by atoms with van der Waals surface area (Å²) in [6.07, 6.45) is 7.26. The van der Waals surface area contributed by atoms with Crippen molar-refractivity contribution in [3.8, 4) is 0 Å². The molecule has 5 heterocycles. The van der Waals surface area contributed by atoms with Gasteiger partial charge in [-0.2, -0.15) is 0 Å². The normalized spacial score (nSPS) is 15.6. The van der Waals surface area contributed by atoms with Crippen LogP contribution in [0.15, 0.2) is 41.6 Å². The van der Waals surface area contributed by atoms with E-state index < -0.39 is 0 Å². The van der Waals surface area contributed by atoms with Crippen molar-refractivity contribution >= 4 is 24.2 Å². The predicted molar refractivity (Wildman–Crippen MR) is 139 cm³/mol. The van der Waals surface area contributed by atoms with Crippen molar-refractivity contribution in [2.24, 2.45) is 7.05 Å². The maximum Gasteiger partial charge on any atom is 0.207 e. The van der Waals surface area contributed by atoms with Crippen molar-refractivity contribution in [2.45, 2.75) is 58.1 Å². The molecule has 5 rings (SSSR count). The number of fused-ring (bicyclic) bond motifs is 1. The minimum absolute atomic E-state index is 0.560. The zero-order chi connectivity index (χ0) is 24.1. The molecule has 0 spiro atoms. The number of hydrogen-bond acceptors (Lipinski definition) is 5. The molecule has 1 saturated heterocycles. The zero-order valence-corrected chi connectivity index (χ0v) is 21.6.